The summed E-state index contributed by atoms with van der Waals surface area (Å²) in [6.07, 6.45) is 4.32. The van der Waals surface area contributed by atoms with Gasteiger partial charge in [-0.2, -0.15) is 0 Å². The van der Waals surface area contributed by atoms with Crippen molar-refractivity contribution in [3.8, 4) is 5.75 Å². The van der Waals surface area contributed by atoms with Crippen molar-refractivity contribution in [3.63, 3.8) is 0 Å². The molecule has 1 aliphatic carbocycles. The van der Waals surface area contributed by atoms with Crippen molar-refractivity contribution in [2.45, 2.75) is 12.8 Å². The van der Waals surface area contributed by atoms with E-state index in [1.807, 2.05) is 12.1 Å². The molecule has 2 rings (SSSR count). The highest BCUT2D eigenvalue weighted by Crippen LogP contribution is 2.30. The lowest BCUT2D eigenvalue weighted by Crippen LogP contribution is -2.08. The second kappa shape index (κ2) is 3.84. The van der Waals surface area contributed by atoms with Gasteiger partial charge in [-0.3, -0.25) is 0 Å². The number of fused-ring (bicyclic) bond motifs is 1. The number of rotatable bonds is 2. The molecule has 0 atom stereocenters. The molecule has 2 heteroatoms. The van der Waals surface area contributed by atoms with Crippen LogP contribution in [0.25, 0.3) is 6.08 Å². The van der Waals surface area contributed by atoms with Crippen molar-refractivity contribution in [2.75, 3.05) is 13.7 Å². The van der Waals surface area contributed by atoms with Gasteiger partial charge in [0.1, 0.15) is 5.75 Å². The van der Waals surface area contributed by atoms with Crippen molar-refractivity contribution in [3.05, 3.63) is 34.9 Å². The Labute approximate surface area is 84.4 Å². The van der Waals surface area contributed by atoms with Crippen LogP contribution in [-0.2, 0) is 6.42 Å². The topological polar surface area (TPSA) is 35.2 Å². The molecular weight excluding hydrogens is 174 g/mol. The lowest BCUT2D eigenvalue weighted by atomic mass is 9.92. The quantitative estimate of drug-likeness (QED) is 0.772. The van der Waals surface area contributed by atoms with Crippen molar-refractivity contribution in [1.29, 1.82) is 0 Å². The molecule has 1 aromatic carbocycles. The minimum absolute atomic E-state index is 0.650. The van der Waals surface area contributed by atoms with E-state index in [0.717, 1.165) is 18.6 Å². The van der Waals surface area contributed by atoms with Gasteiger partial charge in [-0.05, 0) is 24.5 Å². The molecule has 0 radical (unpaired) electrons. The van der Waals surface area contributed by atoms with Crippen molar-refractivity contribution >= 4 is 6.08 Å². The van der Waals surface area contributed by atoms with E-state index in [-0.39, 0.29) is 0 Å². The van der Waals surface area contributed by atoms with Gasteiger partial charge in [0.05, 0.1) is 7.11 Å². The van der Waals surface area contributed by atoms with Crippen LogP contribution in [-0.4, -0.2) is 13.7 Å². The zero-order chi connectivity index (χ0) is 9.97. The van der Waals surface area contributed by atoms with Gasteiger partial charge < -0.3 is 10.5 Å². The molecular formula is C12H15NO. The van der Waals surface area contributed by atoms with Crippen LogP contribution in [0, 0.1) is 0 Å². The fourth-order valence-electron chi connectivity index (χ4n) is 1.88. The van der Waals surface area contributed by atoms with E-state index in [2.05, 4.69) is 12.1 Å². The predicted molar refractivity (Wildman–Crippen MR) is 58.3 cm³/mol. The smallest absolute Gasteiger partial charge is 0.126 e. The molecule has 1 aromatic rings. The maximum absolute atomic E-state index is 5.64. The number of aryl methyl sites for hydroxylation is 1. The van der Waals surface area contributed by atoms with E-state index < -0.39 is 0 Å². The molecule has 0 saturated heterocycles. The van der Waals surface area contributed by atoms with Gasteiger partial charge in [0.15, 0.2) is 0 Å². The summed E-state index contributed by atoms with van der Waals surface area (Å²) in [5.41, 5.74) is 9.52. The molecule has 0 spiro atoms. The molecule has 0 saturated carbocycles. The van der Waals surface area contributed by atoms with Crippen LogP contribution < -0.4 is 10.5 Å². The summed E-state index contributed by atoms with van der Waals surface area (Å²) in [6.45, 7) is 0.650. The number of nitrogens with two attached hydrogens (primary N) is 1. The Morgan fingerprint density at radius 2 is 2.21 bits per heavy atom. The Balaban J connectivity index is 2.48. The third-order valence-corrected chi connectivity index (χ3v) is 2.70. The monoisotopic (exact) mass is 189 g/mol. The van der Waals surface area contributed by atoms with Crippen molar-refractivity contribution in [2.24, 2.45) is 5.73 Å². The normalized spacial score (nSPS) is 14.6. The van der Waals surface area contributed by atoms with Crippen LogP contribution in [0.2, 0.25) is 0 Å². The zero-order valence-electron chi connectivity index (χ0n) is 8.42. The van der Waals surface area contributed by atoms with Crippen molar-refractivity contribution < 1.29 is 4.74 Å². The summed E-state index contributed by atoms with van der Waals surface area (Å²) in [4.78, 5) is 0. The second-order valence-corrected chi connectivity index (χ2v) is 3.54. The van der Waals surface area contributed by atoms with E-state index in [4.69, 9.17) is 10.5 Å². The minimum atomic E-state index is 0.650. The average Bonchev–Trinajstić information content (AvgIpc) is 2.27. The van der Waals surface area contributed by atoms with Gasteiger partial charge in [0.25, 0.3) is 0 Å². The Morgan fingerprint density at radius 3 is 2.93 bits per heavy atom. The van der Waals surface area contributed by atoms with Gasteiger partial charge >= 0.3 is 0 Å². The molecule has 0 unspecified atom stereocenters. The number of ether oxygens (including phenoxy) is 1. The molecule has 0 aliphatic heterocycles. The summed E-state index contributed by atoms with van der Waals surface area (Å²) >= 11 is 0. The molecule has 0 heterocycles. The van der Waals surface area contributed by atoms with E-state index >= 15 is 0 Å². The second-order valence-electron chi connectivity index (χ2n) is 3.54. The Kier molecular flexibility index (Phi) is 2.55. The summed E-state index contributed by atoms with van der Waals surface area (Å²) in [7, 11) is 1.71. The zero-order valence-corrected chi connectivity index (χ0v) is 8.42. The maximum atomic E-state index is 5.64. The summed E-state index contributed by atoms with van der Waals surface area (Å²) in [5, 5.41) is 0. The standard InChI is InChI=1S/C12H15NO/c1-14-12-4-2-3-10-6-5-9(8-13)7-11(10)12/h2-4,7H,5-6,8,13H2,1H3. The number of hydrogen-bond donors (Lipinski definition) is 1. The maximum Gasteiger partial charge on any atom is 0.126 e. The summed E-state index contributed by atoms with van der Waals surface area (Å²) in [5.74, 6) is 0.952. The Bertz CT molecular complexity index is 369. The number of methoxy groups -OCH3 is 1. The van der Waals surface area contributed by atoms with Gasteiger partial charge in [-0.15, -0.1) is 0 Å². The van der Waals surface area contributed by atoms with Crippen LogP contribution in [0.1, 0.15) is 17.5 Å². The highest BCUT2D eigenvalue weighted by Gasteiger charge is 2.12. The van der Waals surface area contributed by atoms with Gasteiger partial charge in [0.2, 0.25) is 0 Å². The highest BCUT2D eigenvalue weighted by atomic mass is 16.5. The van der Waals surface area contributed by atoms with E-state index in [9.17, 15) is 0 Å². The summed E-state index contributed by atoms with van der Waals surface area (Å²) < 4.78 is 5.32. The Hall–Kier alpha value is -1.28. The van der Waals surface area contributed by atoms with Crippen LogP contribution in [0.3, 0.4) is 0 Å². The molecule has 0 aromatic heterocycles. The predicted octanol–water partition coefficient (Wildman–Crippen LogP) is 1.98. The van der Waals surface area contributed by atoms with Crippen LogP contribution in [0.15, 0.2) is 23.8 Å². The average molecular weight is 189 g/mol. The van der Waals surface area contributed by atoms with Crippen LogP contribution in [0.4, 0.5) is 0 Å². The first-order valence-corrected chi connectivity index (χ1v) is 4.90. The highest BCUT2D eigenvalue weighted by molar-refractivity contribution is 5.65. The van der Waals surface area contributed by atoms with Crippen LogP contribution in [0.5, 0.6) is 5.75 Å². The molecule has 0 bridgehead atoms. The molecule has 1 aliphatic rings. The van der Waals surface area contributed by atoms with Gasteiger partial charge in [-0.25, -0.2) is 0 Å². The van der Waals surface area contributed by atoms with E-state index in [1.165, 1.54) is 16.7 Å². The molecule has 2 N–H and O–H groups in total. The molecule has 74 valence electrons. The molecule has 2 nitrogen and oxygen atoms in total. The molecule has 14 heavy (non-hydrogen) atoms. The lowest BCUT2D eigenvalue weighted by Gasteiger charge is -2.17. The Morgan fingerprint density at radius 1 is 1.36 bits per heavy atom. The van der Waals surface area contributed by atoms with Gasteiger partial charge in [0, 0.05) is 12.1 Å². The first-order valence-electron chi connectivity index (χ1n) is 4.90. The van der Waals surface area contributed by atoms with E-state index in [0.29, 0.717) is 6.54 Å². The number of benzene rings is 1. The molecule has 0 amide bonds. The third-order valence-electron chi connectivity index (χ3n) is 2.70. The van der Waals surface area contributed by atoms with Gasteiger partial charge in [-0.1, -0.05) is 23.8 Å². The van der Waals surface area contributed by atoms with Crippen LogP contribution >= 0.6 is 0 Å². The first-order chi connectivity index (χ1) is 6.85. The third kappa shape index (κ3) is 1.53. The van der Waals surface area contributed by atoms with E-state index in [1.54, 1.807) is 7.11 Å². The molecule has 0 fully saturated rings. The first kappa shape index (κ1) is 9.28. The lowest BCUT2D eigenvalue weighted by molar-refractivity contribution is 0.413. The largest absolute Gasteiger partial charge is 0.496 e. The number of hydrogen-bond acceptors (Lipinski definition) is 2. The fourth-order valence-corrected chi connectivity index (χ4v) is 1.88. The van der Waals surface area contributed by atoms with Crippen molar-refractivity contribution in [1.82, 2.24) is 0 Å². The SMILES string of the molecule is COc1cccc2c1C=C(CN)CC2. The minimum Gasteiger partial charge on any atom is -0.496 e. The fraction of sp³-hybridized carbons (Fsp3) is 0.333. The summed E-state index contributed by atoms with van der Waals surface area (Å²) in [6, 6.07) is 6.19.